The summed E-state index contributed by atoms with van der Waals surface area (Å²) in [5, 5.41) is 10.4. The molecular formula is C31H34N2O10S. The number of aromatic nitrogens is 1. The second kappa shape index (κ2) is 14.0. The molecule has 1 aromatic heterocycles. The first-order chi connectivity index (χ1) is 21.0. The Kier molecular flexibility index (Phi) is 10.4. The number of carbonyl (C=O) groups excluding carboxylic acids is 4. The Morgan fingerprint density at radius 1 is 0.909 bits per heavy atom. The van der Waals surface area contributed by atoms with E-state index < -0.39 is 54.5 Å². The van der Waals surface area contributed by atoms with Crippen LogP contribution in [0.1, 0.15) is 63.6 Å². The van der Waals surface area contributed by atoms with Gasteiger partial charge < -0.3 is 33.0 Å². The zero-order valence-electron chi connectivity index (χ0n) is 25.1. The number of nitriles is 1. The lowest BCUT2D eigenvalue weighted by Crippen LogP contribution is -2.61. The predicted molar refractivity (Wildman–Crippen MR) is 156 cm³/mol. The van der Waals surface area contributed by atoms with Crippen LogP contribution < -0.4 is 4.74 Å². The Morgan fingerprint density at radius 2 is 1.50 bits per heavy atom. The Bertz CT molecular complexity index is 1540. The van der Waals surface area contributed by atoms with E-state index in [9.17, 15) is 24.4 Å². The SMILES string of the molecule is COc1ccc(-c2c3c(n([C@@H]4O[C@H](COC(C)=O)[C@H](OC(C)=O)[C@H](OC(C)=O)[C@H]4OC(C)=O)c(=S)c2C#N)CCCC3)cc1. The minimum atomic E-state index is -1.37. The van der Waals surface area contributed by atoms with Gasteiger partial charge in [-0.3, -0.25) is 19.2 Å². The Balaban J connectivity index is 1.98. The highest BCUT2D eigenvalue weighted by molar-refractivity contribution is 7.71. The molecule has 12 nitrogen and oxygen atoms in total. The number of benzene rings is 1. The summed E-state index contributed by atoms with van der Waals surface area (Å²) >= 11 is 5.95. The van der Waals surface area contributed by atoms with Gasteiger partial charge >= 0.3 is 23.9 Å². The topological polar surface area (TPSA) is 152 Å². The van der Waals surface area contributed by atoms with Gasteiger partial charge in [-0.2, -0.15) is 5.26 Å². The Morgan fingerprint density at radius 3 is 2.07 bits per heavy atom. The number of pyridine rings is 1. The average molecular weight is 627 g/mol. The first kappa shape index (κ1) is 32.6. The third kappa shape index (κ3) is 6.92. The van der Waals surface area contributed by atoms with Gasteiger partial charge in [0, 0.05) is 39.0 Å². The Hall–Kier alpha value is -4.28. The molecule has 1 aliphatic carbocycles. The lowest BCUT2D eigenvalue weighted by Gasteiger charge is -2.46. The van der Waals surface area contributed by atoms with Crippen molar-refractivity contribution in [3.05, 3.63) is 45.7 Å². The number of nitrogens with zero attached hydrogens (tertiary/aromatic N) is 2. The molecule has 5 atom stereocenters. The van der Waals surface area contributed by atoms with E-state index in [-0.39, 0.29) is 16.8 Å². The van der Waals surface area contributed by atoms with Gasteiger partial charge in [-0.1, -0.05) is 24.4 Å². The van der Waals surface area contributed by atoms with Crippen LogP contribution in [0.5, 0.6) is 5.75 Å². The van der Waals surface area contributed by atoms with Crippen molar-refractivity contribution >= 4 is 36.1 Å². The molecule has 44 heavy (non-hydrogen) atoms. The van der Waals surface area contributed by atoms with Crippen LogP contribution in [0.15, 0.2) is 24.3 Å². The maximum absolute atomic E-state index is 12.4. The number of fused-ring (bicyclic) bond motifs is 1. The first-order valence-electron chi connectivity index (χ1n) is 14.1. The van der Waals surface area contributed by atoms with Gasteiger partial charge in [0.15, 0.2) is 24.5 Å². The van der Waals surface area contributed by atoms with Crippen LogP contribution >= 0.6 is 12.2 Å². The predicted octanol–water partition coefficient (Wildman–Crippen LogP) is 3.90. The monoisotopic (exact) mass is 626 g/mol. The van der Waals surface area contributed by atoms with E-state index in [1.165, 1.54) is 13.8 Å². The van der Waals surface area contributed by atoms with Crippen molar-refractivity contribution in [2.24, 2.45) is 0 Å². The van der Waals surface area contributed by atoms with Crippen LogP contribution in [0.2, 0.25) is 0 Å². The van der Waals surface area contributed by atoms with Crippen LogP contribution in [0.3, 0.4) is 0 Å². The molecule has 0 bridgehead atoms. The number of esters is 4. The number of methoxy groups -OCH3 is 1. The molecule has 234 valence electrons. The van der Waals surface area contributed by atoms with Crippen molar-refractivity contribution in [2.45, 2.75) is 84.0 Å². The van der Waals surface area contributed by atoms with Crippen molar-refractivity contribution < 1.29 is 47.6 Å². The molecule has 0 radical (unpaired) electrons. The van der Waals surface area contributed by atoms with Gasteiger partial charge in [0.1, 0.15) is 29.2 Å². The van der Waals surface area contributed by atoms with Gasteiger partial charge in [0.05, 0.1) is 12.7 Å². The van der Waals surface area contributed by atoms with E-state index in [0.717, 1.165) is 43.5 Å². The number of hydrogen-bond acceptors (Lipinski definition) is 12. The number of rotatable bonds is 8. The van der Waals surface area contributed by atoms with Crippen LogP contribution in [-0.2, 0) is 55.7 Å². The van der Waals surface area contributed by atoms with Gasteiger partial charge in [-0.25, -0.2) is 0 Å². The molecule has 0 amide bonds. The number of hydrogen-bond donors (Lipinski definition) is 0. The summed E-state index contributed by atoms with van der Waals surface area (Å²) in [6.07, 6.45) is -3.58. The van der Waals surface area contributed by atoms with Crippen molar-refractivity contribution in [3.8, 4) is 22.9 Å². The van der Waals surface area contributed by atoms with Crippen molar-refractivity contribution in [3.63, 3.8) is 0 Å². The summed E-state index contributed by atoms with van der Waals surface area (Å²) in [4.78, 5) is 48.7. The number of carbonyl (C=O) groups is 4. The quantitative estimate of drug-likeness (QED) is 0.237. The van der Waals surface area contributed by atoms with E-state index in [4.69, 9.17) is 40.6 Å². The highest BCUT2D eigenvalue weighted by Gasteiger charge is 2.53. The zero-order chi connectivity index (χ0) is 32.1. The fraction of sp³-hybridized carbons (Fsp3) is 0.484. The van der Waals surface area contributed by atoms with Crippen LogP contribution in [-0.4, -0.2) is 66.6 Å². The fourth-order valence-corrected chi connectivity index (χ4v) is 6.15. The fourth-order valence-electron chi connectivity index (χ4n) is 5.79. The molecular weight excluding hydrogens is 592 g/mol. The van der Waals surface area contributed by atoms with Gasteiger partial charge in [0.25, 0.3) is 0 Å². The van der Waals surface area contributed by atoms with E-state index in [1.54, 1.807) is 23.8 Å². The van der Waals surface area contributed by atoms with E-state index in [2.05, 4.69) is 6.07 Å². The third-order valence-corrected chi connectivity index (χ3v) is 7.83. The summed E-state index contributed by atoms with van der Waals surface area (Å²) in [6.45, 7) is 4.32. The van der Waals surface area contributed by atoms with E-state index >= 15 is 0 Å². The molecule has 2 aliphatic rings. The zero-order valence-corrected chi connectivity index (χ0v) is 25.9. The van der Waals surface area contributed by atoms with E-state index in [0.29, 0.717) is 24.2 Å². The average Bonchev–Trinajstić information content (AvgIpc) is 2.97. The summed E-state index contributed by atoms with van der Waals surface area (Å²) in [5.74, 6) is -2.16. The molecule has 1 fully saturated rings. The molecule has 1 saturated heterocycles. The molecule has 2 aromatic rings. The van der Waals surface area contributed by atoms with Crippen LogP contribution in [0.25, 0.3) is 11.1 Å². The van der Waals surface area contributed by atoms with Crippen molar-refractivity contribution in [2.75, 3.05) is 13.7 Å². The molecule has 1 aliphatic heterocycles. The second-order valence-corrected chi connectivity index (χ2v) is 10.9. The van der Waals surface area contributed by atoms with Crippen molar-refractivity contribution in [1.29, 1.82) is 5.26 Å². The maximum Gasteiger partial charge on any atom is 0.303 e. The standard InChI is InChI=1S/C31H34N2O10S/c1-16(34)39-15-25-27(40-17(2)35)28(41-18(3)36)29(42-19(4)37)30(43-25)33-24-9-7-6-8-22(24)26(23(14-32)31(33)44)20-10-12-21(38-5)13-11-20/h10-13,25,27-30H,6-9,15H2,1-5H3/t25-,27+,28+,29-,30-/m1/s1. The molecule has 0 saturated carbocycles. The van der Waals surface area contributed by atoms with Gasteiger partial charge in [-0.15, -0.1) is 0 Å². The van der Waals surface area contributed by atoms with Gasteiger partial charge in [-0.05, 0) is 48.9 Å². The smallest absolute Gasteiger partial charge is 0.303 e. The largest absolute Gasteiger partial charge is 0.497 e. The number of ether oxygens (including phenoxy) is 6. The summed E-state index contributed by atoms with van der Waals surface area (Å²) in [6, 6.07) is 9.58. The summed E-state index contributed by atoms with van der Waals surface area (Å²) in [7, 11) is 1.57. The normalized spacial score (nSPS) is 22.5. The molecule has 0 spiro atoms. The van der Waals surface area contributed by atoms with Crippen molar-refractivity contribution in [1.82, 2.24) is 4.57 Å². The van der Waals surface area contributed by atoms with Crippen LogP contribution in [0.4, 0.5) is 0 Å². The molecule has 1 aromatic carbocycles. The summed E-state index contributed by atoms with van der Waals surface area (Å²) in [5.41, 5.74) is 3.31. The van der Waals surface area contributed by atoms with E-state index in [1.807, 2.05) is 12.1 Å². The molecule has 0 unspecified atom stereocenters. The highest BCUT2D eigenvalue weighted by Crippen LogP contribution is 2.41. The lowest BCUT2D eigenvalue weighted by atomic mass is 9.86. The molecule has 4 rings (SSSR count). The van der Waals surface area contributed by atoms with Crippen LogP contribution in [0, 0.1) is 16.0 Å². The maximum atomic E-state index is 12.4. The highest BCUT2D eigenvalue weighted by atomic mass is 32.1. The lowest BCUT2D eigenvalue weighted by molar-refractivity contribution is -0.269. The third-order valence-electron chi connectivity index (χ3n) is 7.43. The second-order valence-electron chi connectivity index (χ2n) is 10.5. The molecule has 0 N–H and O–H groups in total. The molecule has 2 heterocycles. The van der Waals surface area contributed by atoms with Gasteiger partial charge in [0.2, 0.25) is 0 Å². The minimum Gasteiger partial charge on any atom is -0.497 e. The molecule has 13 heteroatoms. The summed E-state index contributed by atoms with van der Waals surface area (Å²) < 4.78 is 35.6. The Labute approximate surface area is 259 Å². The minimum absolute atomic E-state index is 0.111. The first-order valence-corrected chi connectivity index (χ1v) is 14.5.